The van der Waals surface area contributed by atoms with E-state index in [-0.39, 0.29) is 0 Å². The molecule has 3 aliphatic rings. The van der Waals surface area contributed by atoms with E-state index in [0.29, 0.717) is 29.7 Å². The fraction of sp³-hybridized carbons (Fsp3) is 0.941. The molecule has 2 nitrogen and oxygen atoms in total. The number of carbonyl (C=O) groups excluding carboxylic acids is 1. The minimum atomic E-state index is 0.381. The van der Waals surface area contributed by atoms with E-state index in [0.717, 1.165) is 37.5 Å². The Morgan fingerprint density at radius 1 is 0.842 bits per heavy atom. The van der Waals surface area contributed by atoms with E-state index in [1.807, 2.05) is 0 Å². The highest BCUT2D eigenvalue weighted by Gasteiger charge is 2.43. The van der Waals surface area contributed by atoms with Gasteiger partial charge in [-0.05, 0) is 63.8 Å². The topological polar surface area (TPSA) is 20.3 Å². The summed E-state index contributed by atoms with van der Waals surface area (Å²) >= 11 is 0. The van der Waals surface area contributed by atoms with E-state index in [1.54, 1.807) is 0 Å². The Morgan fingerprint density at radius 2 is 1.32 bits per heavy atom. The van der Waals surface area contributed by atoms with Crippen LogP contribution < -0.4 is 0 Å². The van der Waals surface area contributed by atoms with Crippen molar-refractivity contribution < 1.29 is 4.79 Å². The highest BCUT2D eigenvalue weighted by molar-refractivity contribution is 5.83. The van der Waals surface area contributed by atoms with Crippen LogP contribution in [0.1, 0.15) is 58.8 Å². The van der Waals surface area contributed by atoms with Gasteiger partial charge in [0.1, 0.15) is 5.78 Å². The van der Waals surface area contributed by atoms with Crippen molar-refractivity contribution in [3.63, 3.8) is 0 Å². The van der Waals surface area contributed by atoms with Crippen molar-refractivity contribution in [1.82, 2.24) is 4.90 Å². The Balaban J connectivity index is 1.64. The number of carbonyl (C=O) groups is 1. The van der Waals surface area contributed by atoms with Crippen LogP contribution in [-0.4, -0.2) is 29.8 Å². The first-order valence-electron chi connectivity index (χ1n) is 8.30. The molecule has 0 spiro atoms. The van der Waals surface area contributed by atoms with Crippen LogP contribution >= 0.6 is 0 Å². The zero-order chi connectivity index (χ0) is 13.6. The lowest BCUT2D eigenvalue weighted by Gasteiger charge is -2.38. The predicted octanol–water partition coefficient (Wildman–Crippen LogP) is 3.50. The van der Waals surface area contributed by atoms with Crippen molar-refractivity contribution in [2.75, 3.05) is 7.05 Å². The molecule has 0 amide bonds. The number of nitrogens with zero attached hydrogens (tertiary/aromatic N) is 1. The monoisotopic (exact) mass is 263 g/mol. The Bertz CT molecular complexity index is 329. The maximum atomic E-state index is 12.9. The number of ketones is 1. The van der Waals surface area contributed by atoms with Crippen LogP contribution in [0.5, 0.6) is 0 Å². The molecular weight excluding hydrogens is 234 g/mol. The molecule has 2 heterocycles. The SMILES string of the molecule is CC1CC(C)CC(C(=O)C2CC3CCC(C2)N3C)C1. The van der Waals surface area contributed by atoms with E-state index in [1.165, 1.54) is 19.3 Å². The van der Waals surface area contributed by atoms with Crippen LogP contribution in [-0.2, 0) is 4.79 Å². The van der Waals surface area contributed by atoms with Crippen LogP contribution in [0.15, 0.2) is 0 Å². The molecule has 1 saturated carbocycles. The summed E-state index contributed by atoms with van der Waals surface area (Å²) in [5.41, 5.74) is 0. The van der Waals surface area contributed by atoms with Crippen molar-refractivity contribution in [3.05, 3.63) is 0 Å². The van der Waals surface area contributed by atoms with E-state index in [4.69, 9.17) is 0 Å². The van der Waals surface area contributed by atoms with E-state index in [9.17, 15) is 4.79 Å². The number of rotatable bonds is 2. The minimum Gasteiger partial charge on any atom is -0.300 e. The number of Topliss-reactive ketones (excluding diaryl/α,β-unsaturated/α-hetero) is 1. The van der Waals surface area contributed by atoms with Crippen LogP contribution in [0.25, 0.3) is 0 Å². The second-order valence-electron chi connectivity index (χ2n) is 7.74. The zero-order valence-corrected chi connectivity index (χ0v) is 12.8. The van der Waals surface area contributed by atoms with Gasteiger partial charge in [0.2, 0.25) is 0 Å². The van der Waals surface area contributed by atoms with Gasteiger partial charge in [0.15, 0.2) is 0 Å². The van der Waals surface area contributed by atoms with Crippen molar-refractivity contribution in [3.8, 4) is 0 Å². The summed E-state index contributed by atoms with van der Waals surface area (Å²) in [7, 11) is 2.26. The third kappa shape index (κ3) is 2.61. The van der Waals surface area contributed by atoms with Crippen LogP contribution in [0, 0.1) is 23.7 Å². The molecule has 2 aliphatic heterocycles. The van der Waals surface area contributed by atoms with Gasteiger partial charge < -0.3 is 4.90 Å². The Morgan fingerprint density at radius 3 is 1.84 bits per heavy atom. The molecular formula is C17H29NO. The first kappa shape index (κ1) is 13.6. The molecule has 0 aromatic heterocycles. The van der Waals surface area contributed by atoms with Gasteiger partial charge in [-0.25, -0.2) is 0 Å². The number of fused-ring (bicyclic) bond motifs is 2. The van der Waals surface area contributed by atoms with E-state index < -0.39 is 0 Å². The minimum absolute atomic E-state index is 0.381. The highest BCUT2D eigenvalue weighted by atomic mass is 16.1. The molecule has 3 fully saturated rings. The van der Waals surface area contributed by atoms with Crippen molar-refractivity contribution in [2.45, 2.75) is 70.9 Å². The van der Waals surface area contributed by atoms with Crippen LogP contribution in [0.2, 0.25) is 0 Å². The molecule has 0 aromatic rings. The lowest BCUT2D eigenvalue weighted by atomic mass is 9.71. The van der Waals surface area contributed by atoms with Gasteiger partial charge in [-0.2, -0.15) is 0 Å². The van der Waals surface area contributed by atoms with Crippen molar-refractivity contribution in [2.24, 2.45) is 23.7 Å². The summed E-state index contributed by atoms with van der Waals surface area (Å²) in [6.07, 6.45) is 8.57. The Labute approximate surface area is 117 Å². The molecule has 0 aromatic carbocycles. The van der Waals surface area contributed by atoms with E-state index in [2.05, 4.69) is 25.8 Å². The standard InChI is InChI=1S/C17H29NO/c1-11-6-12(2)8-13(7-11)17(19)14-9-15-4-5-16(10-14)18(15)3/h11-16H,4-10H2,1-3H3. The molecule has 0 radical (unpaired) electrons. The van der Waals surface area contributed by atoms with Crippen molar-refractivity contribution in [1.29, 1.82) is 0 Å². The summed E-state index contributed by atoms with van der Waals surface area (Å²) in [6.45, 7) is 4.66. The third-order valence-electron chi connectivity index (χ3n) is 6.08. The van der Waals surface area contributed by atoms with Gasteiger partial charge >= 0.3 is 0 Å². The molecule has 4 unspecified atom stereocenters. The fourth-order valence-corrected chi connectivity index (χ4v) is 5.16. The van der Waals surface area contributed by atoms with E-state index >= 15 is 0 Å². The van der Waals surface area contributed by atoms with Gasteiger partial charge in [0.25, 0.3) is 0 Å². The van der Waals surface area contributed by atoms with Crippen LogP contribution in [0.4, 0.5) is 0 Å². The average Bonchev–Trinajstić information content (AvgIpc) is 2.60. The van der Waals surface area contributed by atoms with Gasteiger partial charge in [0, 0.05) is 23.9 Å². The maximum Gasteiger partial charge on any atom is 0.139 e. The number of hydrogen-bond acceptors (Lipinski definition) is 2. The molecule has 4 atom stereocenters. The Hall–Kier alpha value is -0.370. The molecule has 108 valence electrons. The maximum absolute atomic E-state index is 12.9. The molecule has 1 aliphatic carbocycles. The first-order chi connectivity index (χ1) is 9.04. The lowest BCUT2D eigenvalue weighted by Crippen LogP contribution is -2.44. The smallest absolute Gasteiger partial charge is 0.139 e. The summed E-state index contributed by atoms with van der Waals surface area (Å²) in [6, 6.07) is 1.40. The van der Waals surface area contributed by atoms with Gasteiger partial charge in [0.05, 0.1) is 0 Å². The summed E-state index contributed by atoms with van der Waals surface area (Å²) in [4.78, 5) is 15.4. The normalized spacial score (nSPS) is 47.3. The van der Waals surface area contributed by atoms with Gasteiger partial charge in [-0.1, -0.05) is 13.8 Å². The lowest BCUT2D eigenvalue weighted by molar-refractivity contribution is -0.131. The molecule has 2 bridgehead atoms. The largest absolute Gasteiger partial charge is 0.300 e. The number of piperidine rings is 1. The zero-order valence-electron chi connectivity index (χ0n) is 12.8. The molecule has 19 heavy (non-hydrogen) atoms. The molecule has 2 heteroatoms. The summed E-state index contributed by atoms with van der Waals surface area (Å²) in [5, 5.41) is 0. The summed E-state index contributed by atoms with van der Waals surface area (Å²) in [5.74, 6) is 2.90. The van der Waals surface area contributed by atoms with Crippen molar-refractivity contribution >= 4 is 5.78 Å². The predicted molar refractivity (Wildman–Crippen MR) is 78.0 cm³/mol. The third-order valence-corrected chi connectivity index (χ3v) is 6.08. The Kier molecular flexibility index (Phi) is 3.72. The quantitative estimate of drug-likeness (QED) is 0.760. The molecule has 0 N–H and O–H groups in total. The van der Waals surface area contributed by atoms with Crippen LogP contribution in [0.3, 0.4) is 0 Å². The number of hydrogen-bond donors (Lipinski definition) is 0. The fourth-order valence-electron chi connectivity index (χ4n) is 5.16. The molecule has 3 rings (SSSR count). The average molecular weight is 263 g/mol. The summed E-state index contributed by atoms with van der Waals surface area (Å²) < 4.78 is 0. The van der Waals surface area contributed by atoms with Gasteiger partial charge in [-0.15, -0.1) is 0 Å². The second kappa shape index (κ2) is 5.20. The highest BCUT2D eigenvalue weighted by Crippen LogP contribution is 2.41. The van der Waals surface area contributed by atoms with Gasteiger partial charge in [-0.3, -0.25) is 4.79 Å². The second-order valence-corrected chi connectivity index (χ2v) is 7.74. The molecule has 2 saturated heterocycles. The first-order valence-corrected chi connectivity index (χ1v) is 8.30.